The summed E-state index contributed by atoms with van der Waals surface area (Å²) in [5, 5.41) is 2.67. The maximum absolute atomic E-state index is 13.9. The lowest BCUT2D eigenvalue weighted by molar-refractivity contribution is 0.637. The number of aromatic nitrogens is 1. The van der Waals surface area contributed by atoms with Crippen LogP contribution in [-0.4, -0.2) is 18.0 Å². The third-order valence-electron chi connectivity index (χ3n) is 2.70. The highest BCUT2D eigenvalue weighted by Gasteiger charge is 2.21. The number of hydrogen-bond donors (Lipinski definition) is 2. The molecular weight excluding hydrogens is 191 g/mol. The first kappa shape index (κ1) is 5.66. The first-order valence-corrected chi connectivity index (χ1v) is 4.85. The van der Waals surface area contributed by atoms with Crippen LogP contribution in [0.2, 0.25) is 0 Å². The highest BCUT2D eigenvalue weighted by molar-refractivity contribution is 5.84. The Morgan fingerprint density at radius 3 is 3.20 bits per heavy atom. The monoisotopic (exact) mass is 208 g/mol. The summed E-state index contributed by atoms with van der Waals surface area (Å²) in [6, 6.07) is 4.62. The number of H-pyrrole nitrogens is 1. The summed E-state index contributed by atoms with van der Waals surface area (Å²) in [4.78, 5) is 2.91. The molecule has 2 N–H and O–H groups in total. The second kappa shape index (κ2) is 3.35. The Balaban J connectivity index is 2.15. The summed E-state index contributed by atoms with van der Waals surface area (Å²) in [5.74, 6) is -1.15. The van der Waals surface area contributed by atoms with Gasteiger partial charge >= 0.3 is 0 Å². The molecule has 1 aliphatic rings. The molecule has 1 saturated heterocycles. The standard InChI is InChI=1S/C12H13FN2/c13-10-2-1-3-11-12(10)9(7-15-11)8-4-5-14-6-8/h1-3,7-8,14-15H,4-6H2/i5D2,6D2. The lowest BCUT2D eigenvalue weighted by atomic mass is 9.98. The quantitative estimate of drug-likeness (QED) is 0.740. The molecule has 2 aromatic rings. The Kier molecular flexibility index (Phi) is 1.26. The van der Waals surface area contributed by atoms with Crippen LogP contribution in [0.5, 0.6) is 0 Å². The van der Waals surface area contributed by atoms with Crippen LogP contribution in [0.3, 0.4) is 0 Å². The molecule has 2 nitrogen and oxygen atoms in total. The second-order valence-corrected chi connectivity index (χ2v) is 3.61. The molecule has 0 spiro atoms. The van der Waals surface area contributed by atoms with Gasteiger partial charge in [-0.05, 0) is 36.5 Å². The van der Waals surface area contributed by atoms with Gasteiger partial charge in [0.2, 0.25) is 0 Å². The van der Waals surface area contributed by atoms with Crippen molar-refractivity contribution in [2.24, 2.45) is 0 Å². The van der Waals surface area contributed by atoms with Crippen LogP contribution < -0.4 is 5.32 Å². The van der Waals surface area contributed by atoms with E-state index in [4.69, 9.17) is 5.48 Å². The van der Waals surface area contributed by atoms with Gasteiger partial charge in [0.25, 0.3) is 0 Å². The Labute approximate surface area is 93.1 Å². The van der Waals surface area contributed by atoms with E-state index in [1.54, 1.807) is 18.3 Å². The van der Waals surface area contributed by atoms with E-state index in [0.717, 1.165) is 0 Å². The Bertz CT molecular complexity index is 638. The molecular formula is C12H13FN2. The predicted octanol–water partition coefficient (Wildman–Crippen LogP) is 2.38. The van der Waals surface area contributed by atoms with Crippen molar-refractivity contribution >= 4 is 10.9 Å². The zero-order valence-corrected chi connectivity index (χ0v) is 7.97. The molecule has 0 radical (unpaired) electrons. The summed E-state index contributed by atoms with van der Waals surface area (Å²) in [7, 11) is 0. The number of halogens is 1. The van der Waals surface area contributed by atoms with Gasteiger partial charge in [-0.25, -0.2) is 4.39 Å². The van der Waals surface area contributed by atoms with E-state index >= 15 is 0 Å². The van der Waals surface area contributed by atoms with Crippen LogP contribution in [0, 0.1) is 5.82 Å². The van der Waals surface area contributed by atoms with E-state index in [-0.39, 0.29) is 6.42 Å². The fourth-order valence-electron chi connectivity index (χ4n) is 1.97. The van der Waals surface area contributed by atoms with Crippen LogP contribution in [0.1, 0.15) is 23.4 Å². The van der Waals surface area contributed by atoms with Crippen LogP contribution in [0.15, 0.2) is 24.4 Å². The van der Waals surface area contributed by atoms with Crippen LogP contribution >= 0.6 is 0 Å². The molecule has 0 bridgehead atoms. The molecule has 3 heteroatoms. The van der Waals surface area contributed by atoms with E-state index in [1.807, 2.05) is 0 Å². The molecule has 1 aromatic carbocycles. The Morgan fingerprint density at radius 1 is 1.47 bits per heavy atom. The lowest BCUT2D eigenvalue weighted by Crippen LogP contribution is -2.07. The molecule has 1 aliphatic heterocycles. The average molecular weight is 208 g/mol. The van der Waals surface area contributed by atoms with Crippen molar-refractivity contribution < 1.29 is 9.87 Å². The summed E-state index contributed by atoms with van der Waals surface area (Å²) in [5.41, 5.74) is 1.07. The van der Waals surface area contributed by atoms with Gasteiger partial charge in [0.15, 0.2) is 0 Å². The third-order valence-corrected chi connectivity index (χ3v) is 2.70. The summed E-state index contributed by atoms with van der Waals surface area (Å²) < 4.78 is 45.0. The largest absolute Gasteiger partial charge is 0.361 e. The predicted molar refractivity (Wildman–Crippen MR) is 58.5 cm³/mol. The fraction of sp³-hybridized carbons (Fsp3) is 0.333. The highest BCUT2D eigenvalue weighted by atomic mass is 19.1. The van der Waals surface area contributed by atoms with Crippen molar-refractivity contribution in [2.75, 3.05) is 13.0 Å². The third kappa shape index (κ3) is 1.35. The topological polar surface area (TPSA) is 27.8 Å². The number of nitrogens with one attached hydrogen (secondary N) is 2. The van der Waals surface area contributed by atoms with E-state index in [2.05, 4.69) is 10.3 Å². The number of fused-ring (bicyclic) bond motifs is 1. The zero-order chi connectivity index (χ0) is 13.8. The van der Waals surface area contributed by atoms with Crippen molar-refractivity contribution in [1.82, 2.24) is 10.3 Å². The normalized spacial score (nSPS) is 31.9. The fourth-order valence-corrected chi connectivity index (χ4v) is 1.97. The highest BCUT2D eigenvalue weighted by Crippen LogP contribution is 2.30. The van der Waals surface area contributed by atoms with Gasteiger partial charge in [-0.15, -0.1) is 0 Å². The Morgan fingerprint density at radius 2 is 2.40 bits per heavy atom. The molecule has 3 rings (SSSR count). The SMILES string of the molecule is [2H]C1([2H])CC(c2c[nH]c3cccc(F)c23)C([2H])([2H])N1. The number of benzene rings is 1. The number of hydrogen-bond acceptors (Lipinski definition) is 1. The minimum Gasteiger partial charge on any atom is -0.361 e. The van der Waals surface area contributed by atoms with E-state index in [0.29, 0.717) is 16.5 Å². The molecule has 78 valence electrons. The minimum atomic E-state index is -1.90. The van der Waals surface area contributed by atoms with Crippen molar-refractivity contribution in [3.05, 3.63) is 35.8 Å². The van der Waals surface area contributed by atoms with Gasteiger partial charge < -0.3 is 10.3 Å². The molecule has 2 heterocycles. The molecule has 1 atom stereocenters. The van der Waals surface area contributed by atoms with Gasteiger partial charge in [-0.3, -0.25) is 0 Å². The van der Waals surface area contributed by atoms with Crippen LogP contribution in [-0.2, 0) is 0 Å². The van der Waals surface area contributed by atoms with Gasteiger partial charge in [-0.2, -0.15) is 0 Å². The van der Waals surface area contributed by atoms with Crippen molar-refractivity contribution in [3.8, 4) is 0 Å². The van der Waals surface area contributed by atoms with E-state index in [1.165, 1.54) is 6.07 Å². The molecule has 1 fully saturated rings. The maximum atomic E-state index is 13.9. The molecule has 0 aliphatic carbocycles. The van der Waals surface area contributed by atoms with Gasteiger partial charge in [0.05, 0.1) is 0 Å². The first-order chi connectivity index (χ1) is 8.80. The molecule has 0 amide bonds. The van der Waals surface area contributed by atoms with Gasteiger partial charge in [-0.1, -0.05) is 6.07 Å². The maximum Gasteiger partial charge on any atom is 0.132 e. The number of rotatable bonds is 1. The van der Waals surface area contributed by atoms with Crippen molar-refractivity contribution in [3.63, 3.8) is 0 Å². The summed E-state index contributed by atoms with van der Waals surface area (Å²) >= 11 is 0. The van der Waals surface area contributed by atoms with Crippen LogP contribution in [0.4, 0.5) is 4.39 Å². The minimum absolute atomic E-state index is 0.0265. The van der Waals surface area contributed by atoms with Gasteiger partial charge in [0.1, 0.15) is 5.82 Å². The second-order valence-electron chi connectivity index (χ2n) is 3.61. The van der Waals surface area contributed by atoms with E-state index in [9.17, 15) is 4.39 Å². The molecule has 1 unspecified atom stereocenters. The number of aromatic amines is 1. The molecule has 15 heavy (non-hydrogen) atoms. The lowest BCUT2D eigenvalue weighted by Gasteiger charge is -2.06. The molecule has 0 saturated carbocycles. The smallest absolute Gasteiger partial charge is 0.132 e. The first-order valence-electron chi connectivity index (χ1n) is 6.85. The summed E-state index contributed by atoms with van der Waals surface area (Å²) in [6.45, 7) is -3.69. The molecule has 1 aromatic heterocycles. The van der Waals surface area contributed by atoms with Crippen molar-refractivity contribution in [1.29, 1.82) is 0 Å². The van der Waals surface area contributed by atoms with Crippen LogP contribution in [0.25, 0.3) is 10.9 Å². The van der Waals surface area contributed by atoms with Gasteiger partial charge in [0, 0.05) is 29.1 Å². The Hall–Kier alpha value is -1.35. The summed E-state index contributed by atoms with van der Waals surface area (Å²) in [6.07, 6.45) is 1.54. The van der Waals surface area contributed by atoms with E-state index < -0.39 is 24.7 Å². The average Bonchev–Trinajstić information content (AvgIpc) is 2.77. The zero-order valence-electron chi connectivity index (χ0n) is 12.0. The van der Waals surface area contributed by atoms with Crippen molar-refractivity contribution in [2.45, 2.75) is 12.3 Å².